The lowest BCUT2D eigenvalue weighted by molar-refractivity contribution is 0.238. The number of anilines is 1. The lowest BCUT2D eigenvalue weighted by Crippen LogP contribution is -2.24. The van der Waals surface area contributed by atoms with Crippen molar-refractivity contribution in [2.45, 2.75) is 65.8 Å². The number of nitrogens with zero attached hydrogens (tertiary/aromatic N) is 1. The van der Waals surface area contributed by atoms with Gasteiger partial charge in [-0.3, -0.25) is 4.79 Å². The van der Waals surface area contributed by atoms with E-state index >= 15 is 0 Å². The third-order valence-corrected chi connectivity index (χ3v) is 4.75. The van der Waals surface area contributed by atoms with Gasteiger partial charge in [-0.05, 0) is 37.0 Å². The molecule has 0 spiro atoms. The fourth-order valence-corrected chi connectivity index (χ4v) is 3.28. The Bertz CT molecular complexity index is 783. The zero-order chi connectivity index (χ0) is 19.1. The summed E-state index contributed by atoms with van der Waals surface area (Å²) in [5, 5.41) is 11.2. The first kappa shape index (κ1) is 20.1. The molecule has 0 aliphatic heterocycles. The molecule has 5 heteroatoms. The summed E-state index contributed by atoms with van der Waals surface area (Å²) in [5.41, 5.74) is 6.87. The van der Waals surface area contributed by atoms with Crippen LogP contribution in [0.15, 0.2) is 23.0 Å². The second-order valence-electron chi connectivity index (χ2n) is 7.18. The Hall–Kier alpha value is -2.17. The number of hydrogen-bond donors (Lipinski definition) is 2. The number of aromatic nitrogens is 1. The summed E-state index contributed by atoms with van der Waals surface area (Å²) in [6.45, 7) is 7.39. The summed E-state index contributed by atoms with van der Waals surface area (Å²) in [5.74, 6) is 0.304. The van der Waals surface area contributed by atoms with Gasteiger partial charge in [0.2, 0.25) is 5.75 Å². The maximum Gasteiger partial charge on any atom is 0.297 e. The molecule has 3 N–H and O–H groups in total. The summed E-state index contributed by atoms with van der Waals surface area (Å²) in [7, 11) is 0. The van der Waals surface area contributed by atoms with Crippen LogP contribution in [0.2, 0.25) is 0 Å². The first-order valence-corrected chi connectivity index (χ1v) is 9.77. The number of unbranched alkanes of at least 4 members (excludes halogenated alkanes) is 3. The molecule has 0 fully saturated rings. The van der Waals surface area contributed by atoms with Crippen molar-refractivity contribution < 1.29 is 9.84 Å². The minimum Gasteiger partial charge on any atom is -0.504 e. The van der Waals surface area contributed by atoms with Gasteiger partial charge in [0.1, 0.15) is 0 Å². The first-order valence-electron chi connectivity index (χ1n) is 9.77. The smallest absolute Gasteiger partial charge is 0.297 e. The van der Waals surface area contributed by atoms with Crippen LogP contribution in [0.3, 0.4) is 0 Å². The maximum absolute atomic E-state index is 13.0. The molecule has 0 aliphatic carbocycles. The molecule has 0 aliphatic rings. The molecule has 2 aromatic rings. The molecule has 5 nitrogen and oxygen atoms in total. The molecule has 26 heavy (non-hydrogen) atoms. The van der Waals surface area contributed by atoms with Gasteiger partial charge in [-0.1, -0.05) is 46.5 Å². The molecule has 2 rings (SSSR count). The Kier molecular flexibility index (Phi) is 7.37. The van der Waals surface area contributed by atoms with Gasteiger partial charge in [-0.2, -0.15) is 0 Å². The van der Waals surface area contributed by atoms with Crippen molar-refractivity contribution in [1.29, 1.82) is 0 Å². The maximum atomic E-state index is 13.0. The number of rotatable bonds is 10. The van der Waals surface area contributed by atoms with Crippen molar-refractivity contribution in [1.82, 2.24) is 4.57 Å². The third kappa shape index (κ3) is 4.71. The molecule has 1 aromatic heterocycles. The number of pyridine rings is 1. The Labute approximate surface area is 155 Å². The Morgan fingerprint density at radius 3 is 2.65 bits per heavy atom. The molecule has 0 saturated heterocycles. The summed E-state index contributed by atoms with van der Waals surface area (Å²) in [4.78, 5) is 13.0. The molecular weight excluding hydrogens is 328 g/mol. The molecule has 0 saturated carbocycles. The fourth-order valence-electron chi connectivity index (χ4n) is 3.28. The fraction of sp³-hybridized carbons (Fsp3) is 0.571. The van der Waals surface area contributed by atoms with Crippen LogP contribution in [0.5, 0.6) is 11.5 Å². The minimum absolute atomic E-state index is 0.0562. The second-order valence-corrected chi connectivity index (χ2v) is 7.18. The highest BCUT2D eigenvalue weighted by Crippen LogP contribution is 2.33. The first-order chi connectivity index (χ1) is 12.5. The molecule has 0 bridgehead atoms. The standard InChI is InChI=1S/C21H32N2O3/c1-4-6-7-8-12-23-18-13-16(22)10-11-17(18)19(24)20(21(23)25)26-14-15(3)9-5-2/h10-11,13,15,24H,4-9,12,14,22H2,1-3H3. The summed E-state index contributed by atoms with van der Waals surface area (Å²) >= 11 is 0. The van der Waals surface area contributed by atoms with Crippen molar-refractivity contribution >= 4 is 16.6 Å². The Morgan fingerprint density at radius 2 is 1.96 bits per heavy atom. The van der Waals surface area contributed by atoms with Crippen LogP contribution < -0.4 is 16.0 Å². The van der Waals surface area contributed by atoms with Crippen LogP contribution in [0, 0.1) is 5.92 Å². The van der Waals surface area contributed by atoms with Gasteiger partial charge in [-0.15, -0.1) is 0 Å². The quantitative estimate of drug-likeness (QED) is 0.476. The van der Waals surface area contributed by atoms with Crippen molar-refractivity contribution in [2.75, 3.05) is 12.3 Å². The van der Waals surface area contributed by atoms with E-state index in [4.69, 9.17) is 10.5 Å². The minimum atomic E-state index is -0.277. The SMILES string of the molecule is CCCCCCn1c(=O)c(OCC(C)CCC)c(O)c2ccc(N)cc21. The number of nitrogen functional groups attached to an aromatic ring is 1. The average Bonchev–Trinajstić information content (AvgIpc) is 2.61. The molecule has 1 unspecified atom stereocenters. The summed E-state index contributed by atoms with van der Waals surface area (Å²) < 4.78 is 7.47. The molecule has 1 aromatic carbocycles. The Balaban J connectivity index is 2.41. The number of ether oxygens (including phenoxy) is 1. The van der Waals surface area contributed by atoms with E-state index in [2.05, 4.69) is 20.8 Å². The van der Waals surface area contributed by atoms with Gasteiger partial charge in [-0.25, -0.2) is 0 Å². The van der Waals surface area contributed by atoms with Crippen molar-refractivity contribution in [3.8, 4) is 11.5 Å². The molecular formula is C21H32N2O3. The van der Waals surface area contributed by atoms with Crippen molar-refractivity contribution in [3.05, 3.63) is 28.6 Å². The second kappa shape index (κ2) is 9.51. The average molecular weight is 360 g/mol. The van der Waals surface area contributed by atoms with Gasteiger partial charge in [0.15, 0.2) is 5.75 Å². The topological polar surface area (TPSA) is 77.5 Å². The number of fused-ring (bicyclic) bond motifs is 1. The van der Waals surface area contributed by atoms with E-state index < -0.39 is 0 Å². The van der Waals surface area contributed by atoms with E-state index in [1.165, 1.54) is 0 Å². The van der Waals surface area contributed by atoms with Gasteiger partial charge in [0, 0.05) is 17.6 Å². The van der Waals surface area contributed by atoms with E-state index in [0.717, 1.165) is 38.5 Å². The van der Waals surface area contributed by atoms with Crippen LogP contribution in [0.4, 0.5) is 5.69 Å². The highest BCUT2D eigenvalue weighted by molar-refractivity contribution is 5.89. The van der Waals surface area contributed by atoms with Gasteiger partial charge >= 0.3 is 0 Å². The largest absolute Gasteiger partial charge is 0.504 e. The van der Waals surface area contributed by atoms with Gasteiger partial charge < -0.3 is 20.1 Å². The number of benzene rings is 1. The number of nitrogens with two attached hydrogens (primary N) is 1. The highest BCUT2D eigenvalue weighted by atomic mass is 16.5. The predicted molar refractivity (Wildman–Crippen MR) is 108 cm³/mol. The zero-order valence-electron chi connectivity index (χ0n) is 16.3. The van der Waals surface area contributed by atoms with Gasteiger partial charge in [0.05, 0.1) is 12.1 Å². The zero-order valence-corrected chi connectivity index (χ0v) is 16.3. The van der Waals surface area contributed by atoms with E-state index in [1.807, 2.05) is 0 Å². The van der Waals surface area contributed by atoms with Crippen molar-refractivity contribution in [2.24, 2.45) is 5.92 Å². The molecule has 1 heterocycles. The molecule has 1 atom stereocenters. The number of aryl methyl sites for hydroxylation is 1. The van der Waals surface area contributed by atoms with Gasteiger partial charge in [0.25, 0.3) is 5.56 Å². The molecule has 144 valence electrons. The monoisotopic (exact) mass is 360 g/mol. The summed E-state index contributed by atoms with van der Waals surface area (Å²) in [6.07, 6.45) is 6.35. The van der Waals surface area contributed by atoms with E-state index in [1.54, 1.807) is 22.8 Å². The lowest BCUT2D eigenvalue weighted by atomic mass is 10.1. The number of hydrogen-bond acceptors (Lipinski definition) is 4. The van der Waals surface area contributed by atoms with Crippen LogP contribution in [0.25, 0.3) is 10.9 Å². The predicted octanol–water partition coefficient (Wildman–Crippen LogP) is 4.68. The highest BCUT2D eigenvalue weighted by Gasteiger charge is 2.18. The number of aromatic hydroxyl groups is 1. The van der Waals surface area contributed by atoms with E-state index in [0.29, 0.717) is 35.7 Å². The summed E-state index contributed by atoms with van der Waals surface area (Å²) in [6, 6.07) is 5.24. The van der Waals surface area contributed by atoms with Crippen LogP contribution >= 0.6 is 0 Å². The lowest BCUT2D eigenvalue weighted by Gasteiger charge is -2.17. The van der Waals surface area contributed by atoms with Crippen molar-refractivity contribution in [3.63, 3.8) is 0 Å². The normalized spacial score (nSPS) is 12.4. The van der Waals surface area contributed by atoms with Crippen LogP contribution in [-0.2, 0) is 6.54 Å². The van der Waals surface area contributed by atoms with Crippen LogP contribution in [-0.4, -0.2) is 16.3 Å². The third-order valence-electron chi connectivity index (χ3n) is 4.75. The van der Waals surface area contributed by atoms with E-state index in [-0.39, 0.29) is 17.1 Å². The van der Waals surface area contributed by atoms with E-state index in [9.17, 15) is 9.90 Å². The van der Waals surface area contributed by atoms with Crippen LogP contribution in [0.1, 0.15) is 59.3 Å². The molecule has 0 amide bonds. The Morgan fingerprint density at radius 1 is 1.19 bits per heavy atom. The molecule has 0 radical (unpaired) electrons.